The van der Waals surface area contributed by atoms with Gasteiger partial charge in [0.1, 0.15) is 0 Å². The van der Waals surface area contributed by atoms with Gasteiger partial charge in [-0.15, -0.1) is 20.4 Å². The van der Waals surface area contributed by atoms with Crippen LogP contribution in [0.2, 0.25) is 0 Å². The summed E-state index contributed by atoms with van der Waals surface area (Å²) >= 11 is 1.49. The van der Waals surface area contributed by atoms with Crippen molar-refractivity contribution in [3.05, 3.63) is 54.4 Å². The molecule has 148 valence electrons. The lowest BCUT2D eigenvalue weighted by molar-refractivity contribution is 0.355. The minimum atomic E-state index is 0.421. The van der Waals surface area contributed by atoms with Crippen LogP contribution in [0.25, 0.3) is 22.8 Å². The lowest BCUT2D eigenvalue weighted by Gasteiger charge is -2.07. The zero-order valence-electron chi connectivity index (χ0n) is 16.2. The van der Waals surface area contributed by atoms with Gasteiger partial charge in [-0.2, -0.15) is 0 Å². The van der Waals surface area contributed by atoms with Crippen molar-refractivity contribution in [3.63, 3.8) is 0 Å². The summed E-state index contributed by atoms with van der Waals surface area (Å²) in [5, 5.41) is 17.6. The van der Waals surface area contributed by atoms with E-state index in [9.17, 15) is 0 Å². The molecule has 0 amide bonds. The van der Waals surface area contributed by atoms with Crippen molar-refractivity contribution in [2.24, 2.45) is 7.05 Å². The SMILES string of the molecule is COc1ccc(-c2nnc(CSc3nnc(-c4ccccc4)n3C)o2)cc1OC. The number of methoxy groups -OCH3 is 2. The molecular formula is C20H19N5O3S. The average Bonchev–Trinajstić information content (AvgIpc) is 3.39. The van der Waals surface area contributed by atoms with Gasteiger partial charge in [0.05, 0.1) is 20.0 Å². The van der Waals surface area contributed by atoms with Crippen LogP contribution in [0.15, 0.2) is 58.1 Å². The molecule has 0 fully saturated rings. The molecule has 8 nitrogen and oxygen atoms in total. The van der Waals surface area contributed by atoms with Crippen molar-refractivity contribution in [1.82, 2.24) is 25.0 Å². The topological polar surface area (TPSA) is 88.1 Å². The Hall–Kier alpha value is -3.33. The highest BCUT2D eigenvalue weighted by Crippen LogP contribution is 2.32. The molecule has 2 aromatic carbocycles. The third-order valence-corrected chi connectivity index (χ3v) is 5.29. The number of hydrogen-bond donors (Lipinski definition) is 0. The maximum absolute atomic E-state index is 5.80. The van der Waals surface area contributed by atoms with E-state index in [0.29, 0.717) is 29.0 Å². The van der Waals surface area contributed by atoms with Gasteiger partial charge in [-0.1, -0.05) is 42.1 Å². The lowest BCUT2D eigenvalue weighted by atomic mass is 10.2. The van der Waals surface area contributed by atoms with Crippen LogP contribution in [0, 0.1) is 0 Å². The van der Waals surface area contributed by atoms with E-state index in [0.717, 1.165) is 22.1 Å². The highest BCUT2D eigenvalue weighted by molar-refractivity contribution is 7.98. The Morgan fingerprint density at radius 1 is 0.897 bits per heavy atom. The Labute approximate surface area is 171 Å². The molecule has 0 spiro atoms. The molecule has 4 rings (SSSR count). The van der Waals surface area contributed by atoms with Crippen LogP contribution in [0.3, 0.4) is 0 Å². The van der Waals surface area contributed by atoms with E-state index in [-0.39, 0.29) is 0 Å². The first kappa shape index (κ1) is 19.0. The van der Waals surface area contributed by atoms with Crippen molar-refractivity contribution in [3.8, 4) is 34.3 Å². The first-order valence-electron chi connectivity index (χ1n) is 8.82. The third kappa shape index (κ3) is 3.95. The van der Waals surface area contributed by atoms with Crippen molar-refractivity contribution in [1.29, 1.82) is 0 Å². The first-order chi connectivity index (χ1) is 14.2. The number of rotatable bonds is 7. The predicted molar refractivity (Wildman–Crippen MR) is 109 cm³/mol. The molecule has 0 N–H and O–H groups in total. The highest BCUT2D eigenvalue weighted by atomic mass is 32.2. The molecule has 0 bridgehead atoms. The van der Waals surface area contributed by atoms with E-state index in [2.05, 4.69) is 20.4 Å². The van der Waals surface area contributed by atoms with E-state index >= 15 is 0 Å². The number of nitrogens with zero attached hydrogens (tertiary/aromatic N) is 5. The monoisotopic (exact) mass is 409 g/mol. The zero-order chi connectivity index (χ0) is 20.2. The molecular weight excluding hydrogens is 390 g/mol. The minimum absolute atomic E-state index is 0.421. The standard InChI is InChI=1S/C20H19N5O3S/c1-25-18(13-7-5-4-6-8-13)22-24-20(25)29-12-17-21-23-19(28-17)14-9-10-15(26-2)16(11-14)27-3/h4-11H,12H2,1-3H3. The van der Waals surface area contributed by atoms with Gasteiger partial charge < -0.3 is 18.5 Å². The van der Waals surface area contributed by atoms with Gasteiger partial charge >= 0.3 is 0 Å². The molecule has 0 saturated heterocycles. The Bertz CT molecular complexity index is 1110. The van der Waals surface area contributed by atoms with Crippen LogP contribution in [0.4, 0.5) is 0 Å². The fourth-order valence-corrected chi connectivity index (χ4v) is 3.55. The summed E-state index contributed by atoms with van der Waals surface area (Å²) in [6.07, 6.45) is 0. The zero-order valence-corrected chi connectivity index (χ0v) is 17.0. The van der Waals surface area contributed by atoms with E-state index < -0.39 is 0 Å². The fourth-order valence-electron chi connectivity index (χ4n) is 2.80. The summed E-state index contributed by atoms with van der Waals surface area (Å²) in [7, 11) is 5.12. The minimum Gasteiger partial charge on any atom is -0.493 e. The number of thioether (sulfide) groups is 1. The Balaban J connectivity index is 1.47. The van der Waals surface area contributed by atoms with Crippen molar-refractivity contribution >= 4 is 11.8 Å². The normalized spacial score (nSPS) is 10.9. The molecule has 2 heterocycles. The molecule has 4 aromatic rings. The van der Waals surface area contributed by atoms with Crippen LogP contribution in [0.1, 0.15) is 5.89 Å². The number of benzene rings is 2. The maximum Gasteiger partial charge on any atom is 0.247 e. The van der Waals surface area contributed by atoms with Gasteiger partial charge in [-0.3, -0.25) is 0 Å². The molecule has 9 heteroatoms. The predicted octanol–water partition coefficient (Wildman–Crippen LogP) is 3.84. The van der Waals surface area contributed by atoms with Crippen molar-refractivity contribution in [2.45, 2.75) is 10.9 Å². The number of aromatic nitrogens is 5. The van der Waals surface area contributed by atoms with Gasteiger partial charge in [-0.25, -0.2) is 0 Å². The maximum atomic E-state index is 5.80. The first-order valence-corrected chi connectivity index (χ1v) is 9.80. The number of ether oxygens (including phenoxy) is 2. The second-order valence-electron chi connectivity index (χ2n) is 6.09. The van der Waals surface area contributed by atoms with Crippen LogP contribution in [0.5, 0.6) is 11.5 Å². The summed E-state index contributed by atoms with van der Waals surface area (Å²) < 4.78 is 18.3. The van der Waals surface area contributed by atoms with E-state index in [4.69, 9.17) is 13.9 Å². The Kier molecular flexibility index (Phi) is 5.48. The molecule has 2 aromatic heterocycles. The summed E-state index contributed by atoms with van der Waals surface area (Å²) in [5.74, 6) is 3.47. The summed E-state index contributed by atoms with van der Waals surface area (Å²) in [4.78, 5) is 0. The Morgan fingerprint density at radius 3 is 2.45 bits per heavy atom. The molecule has 0 atom stereocenters. The Morgan fingerprint density at radius 2 is 1.69 bits per heavy atom. The third-order valence-electron chi connectivity index (χ3n) is 4.29. The second kappa shape index (κ2) is 8.36. The van der Waals surface area contributed by atoms with Crippen molar-refractivity contribution in [2.75, 3.05) is 14.2 Å². The second-order valence-corrected chi connectivity index (χ2v) is 7.03. The van der Waals surface area contributed by atoms with Crippen LogP contribution >= 0.6 is 11.8 Å². The van der Waals surface area contributed by atoms with Gasteiger partial charge in [0.25, 0.3) is 0 Å². The molecule has 0 unspecified atom stereocenters. The van der Waals surface area contributed by atoms with Crippen LogP contribution in [-0.2, 0) is 12.8 Å². The molecule has 29 heavy (non-hydrogen) atoms. The van der Waals surface area contributed by atoms with E-state index in [1.807, 2.05) is 48.0 Å². The fraction of sp³-hybridized carbons (Fsp3) is 0.200. The smallest absolute Gasteiger partial charge is 0.247 e. The molecule has 0 aliphatic carbocycles. The largest absolute Gasteiger partial charge is 0.493 e. The summed E-state index contributed by atoms with van der Waals surface area (Å²) in [6.45, 7) is 0. The lowest BCUT2D eigenvalue weighted by Crippen LogP contribution is -1.95. The molecule has 0 aliphatic heterocycles. The van der Waals surface area contributed by atoms with E-state index in [1.165, 1.54) is 11.8 Å². The average molecular weight is 409 g/mol. The molecule has 0 aliphatic rings. The van der Waals surface area contributed by atoms with Gasteiger partial charge in [0.2, 0.25) is 11.8 Å². The van der Waals surface area contributed by atoms with Crippen LogP contribution < -0.4 is 9.47 Å². The van der Waals surface area contributed by atoms with Gasteiger partial charge in [0.15, 0.2) is 22.5 Å². The van der Waals surface area contributed by atoms with E-state index in [1.54, 1.807) is 26.4 Å². The quantitative estimate of drug-likeness (QED) is 0.426. The van der Waals surface area contributed by atoms with Crippen LogP contribution in [-0.4, -0.2) is 39.2 Å². The summed E-state index contributed by atoms with van der Waals surface area (Å²) in [5.41, 5.74) is 1.78. The molecule has 0 radical (unpaired) electrons. The van der Waals surface area contributed by atoms with Gasteiger partial charge in [0, 0.05) is 18.2 Å². The highest BCUT2D eigenvalue weighted by Gasteiger charge is 2.15. The van der Waals surface area contributed by atoms with Gasteiger partial charge in [-0.05, 0) is 18.2 Å². The molecule has 0 saturated carbocycles. The summed E-state index contributed by atoms with van der Waals surface area (Å²) in [6, 6.07) is 15.4. The van der Waals surface area contributed by atoms with Crippen molar-refractivity contribution < 1.29 is 13.9 Å². The number of hydrogen-bond acceptors (Lipinski definition) is 8.